The Morgan fingerprint density at radius 1 is 0.958 bits per heavy atom. The van der Waals surface area contributed by atoms with Crippen LogP contribution in [-0.2, 0) is 31.6 Å². The van der Waals surface area contributed by atoms with Crippen LogP contribution in [0.15, 0.2) is 65.6 Å². The lowest BCUT2D eigenvalue weighted by Gasteiger charge is -2.41. The number of carbonyl (C=O) groups excluding carboxylic acids is 2. The standard InChI is InChI=1S/C35H39N5O7S/c1-37(2)34(42)47-32-8-7-19-39(32)35(29-21-25(10-16-31(29)46-4)23-38-17-5-6-18-38)28-20-24(22-36)9-15-30(28)40(33(35)41)48(43,44)27-13-11-26(45-3)12-14-27/h9-16,20-21,32H,5-8,17-19,23H2,1-4H3/t32-,35?/m0/s1. The minimum atomic E-state index is -4.50. The zero-order chi connectivity index (χ0) is 34.2. The van der Waals surface area contributed by atoms with Gasteiger partial charge in [0.15, 0.2) is 11.8 Å². The third-order valence-corrected chi connectivity index (χ3v) is 11.0. The molecule has 48 heavy (non-hydrogen) atoms. The molecule has 0 N–H and O–H groups in total. The molecule has 1 unspecified atom stereocenters. The lowest BCUT2D eigenvalue weighted by molar-refractivity contribution is -0.132. The Morgan fingerprint density at radius 2 is 1.69 bits per heavy atom. The van der Waals surface area contributed by atoms with E-state index in [0.717, 1.165) is 35.8 Å². The molecule has 252 valence electrons. The lowest BCUT2D eigenvalue weighted by Crippen LogP contribution is -2.57. The summed E-state index contributed by atoms with van der Waals surface area (Å²) in [5.41, 5.74) is 0.0999. The number of fused-ring (bicyclic) bond motifs is 1. The summed E-state index contributed by atoms with van der Waals surface area (Å²) >= 11 is 0. The number of benzene rings is 3. The van der Waals surface area contributed by atoms with Crippen LogP contribution in [0, 0.1) is 11.3 Å². The van der Waals surface area contributed by atoms with E-state index in [2.05, 4.69) is 11.0 Å². The van der Waals surface area contributed by atoms with Crippen molar-refractivity contribution in [3.63, 3.8) is 0 Å². The number of sulfonamides is 1. The molecule has 2 atom stereocenters. The van der Waals surface area contributed by atoms with Gasteiger partial charge < -0.3 is 19.1 Å². The molecular formula is C35H39N5O7S. The van der Waals surface area contributed by atoms with Crippen molar-refractivity contribution >= 4 is 27.7 Å². The van der Waals surface area contributed by atoms with Gasteiger partial charge in [-0.1, -0.05) is 6.07 Å². The topological polar surface area (TPSA) is 133 Å². The maximum absolute atomic E-state index is 15.5. The fraction of sp³-hybridized carbons (Fsp3) is 0.400. The van der Waals surface area contributed by atoms with Crippen LogP contribution in [0.4, 0.5) is 10.5 Å². The molecule has 3 heterocycles. The predicted octanol–water partition coefficient (Wildman–Crippen LogP) is 4.27. The summed E-state index contributed by atoms with van der Waals surface area (Å²) in [6.45, 7) is 2.81. The number of hydrogen-bond donors (Lipinski definition) is 0. The van der Waals surface area contributed by atoms with Crippen molar-refractivity contribution in [3.05, 3.63) is 82.9 Å². The second-order valence-electron chi connectivity index (χ2n) is 12.4. The maximum atomic E-state index is 15.5. The zero-order valence-corrected chi connectivity index (χ0v) is 28.3. The van der Waals surface area contributed by atoms with Crippen molar-refractivity contribution < 1.29 is 32.2 Å². The van der Waals surface area contributed by atoms with E-state index >= 15 is 4.79 Å². The Hall–Kier alpha value is -4.64. The van der Waals surface area contributed by atoms with Gasteiger partial charge in [0.25, 0.3) is 15.9 Å². The molecule has 3 aliphatic rings. The highest BCUT2D eigenvalue weighted by Gasteiger charge is 2.63. The molecule has 3 aromatic rings. The van der Waals surface area contributed by atoms with Gasteiger partial charge in [0, 0.05) is 38.3 Å². The summed E-state index contributed by atoms with van der Waals surface area (Å²) in [6, 6.07) is 18.1. The van der Waals surface area contributed by atoms with Crippen molar-refractivity contribution in [2.75, 3.05) is 52.3 Å². The van der Waals surface area contributed by atoms with Crippen molar-refractivity contribution in [2.24, 2.45) is 0 Å². The van der Waals surface area contributed by atoms with Crippen molar-refractivity contribution in [2.45, 2.75) is 48.9 Å². The van der Waals surface area contributed by atoms with E-state index in [9.17, 15) is 18.5 Å². The molecule has 13 heteroatoms. The second-order valence-corrected chi connectivity index (χ2v) is 14.2. The van der Waals surface area contributed by atoms with E-state index in [1.807, 2.05) is 12.1 Å². The third kappa shape index (κ3) is 5.53. The van der Waals surface area contributed by atoms with E-state index in [0.29, 0.717) is 43.0 Å². The van der Waals surface area contributed by atoms with E-state index in [-0.39, 0.29) is 21.7 Å². The molecule has 2 amide bonds. The molecule has 0 aliphatic carbocycles. The fourth-order valence-electron chi connectivity index (χ4n) is 7.03. The van der Waals surface area contributed by atoms with Crippen molar-refractivity contribution in [1.29, 1.82) is 5.26 Å². The number of hydrogen-bond acceptors (Lipinski definition) is 10. The average molecular weight is 674 g/mol. The van der Waals surface area contributed by atoms with Crippen LogP contribution in [0.1, 0.15) is 47.9 Å². The van der Waals surface area contributed by atoms with Crippen LogP contribution in [0.2, 0.25) is 0 Å². The Bertz CT molecular complexity index is 1870. The number of carbonyl (C=O) groups is 2. The van der Waals surface area contributed by atoms with E-state index in [1.165, 1.54) is 55.5 Å². The van der Waals surface area contributed by atoms with Gasteiger partial charge in [0.05, 0.1) is 36.4 Å². The van der Waals surface area contributed by atoms with Crippen molar-refractivity contribution in [3.8, 4) is 17.6 Å². The number of nitriles is 1. The number of amides is 2. The molecule has 0 spiro atoms. The smallest absolute Gasteiger partial charge is 0.410 e. The van der Waals surface area contributed by atoms with Gasteiger partial charge >= 0.3 is 6.09 Å². The van der Waals surface area contributed by atoms with E-state index < -0.39 is 33.8 Å². The first kappa shape index (κ1) is 33.3. The molecule has 3 aliphatic heterocycles. The molecule has 2 saturated heterocycles. The highest BCUT2D eigenvalue weighted by atomic mass is 32.2. The third-order valence-electron chi connectivity index (χ3n) is 9.31. The van der Waals surface area contributed by atoms with Gasteiger partial charge in [-0.05, 0) is 98.9 Å². The molecule has 2 fully saturated rings. The number of methoxy groups -OCH3 is 2. The Morgan fingerprint density at radius 3 is 2.33 bits per heavy atom. The maximum Gasteiger partial charge on any atom is 0.410 e. The van der Waals surface area contributed by atoms with Crippen LogP contribution in [0.5, 0.6) is 11.5 Å². The minimum Gasteiger partial charge on any atom is -0.497 e. The Labute approximate surface area is 281 Å². The molecule has 6 rings (SSSR count). The zero-order valence-electron chi connectivity index (χ0n) is 27.5. The van der Waals surface area contributed by atoms with E-state index in [1.54, 1.807) is 31.1 Å². The van der Waals surface area contributed by atoms with Crippen LogP contribution >= 0.6 is 0 Å². The molecule has 0 aromatic heterocycles. The normalized spacial score (nSPS) is 21.2. The van der Waals surface area contributed by atoms with Crippen LogP contribution < -0.4 is 13.8 Å². The summed E-state index contributed by atoms with van der Waals surface area (Å²) in [5.74, 6) is 0.0280. The largest absolute Gasteiger partial charge is 0.497 e. The van der Waals surface area contributed by atoms with Crippen molar-refractivity contribution in [1.82, 2.24) is 14.7 Å². The summed E-state index contributed by atoms with van der Waals surface area (Å²) in [4.78, 5) is 33.7. The highest BCUT2D eigenvalue weighted by Crippen LogP contribution is 2.55. The first-order valence-electron chi connectivity index (χ1n) is 15.9. The molecule has 0 radical (unpaired) electrons. The summed E-state index contributed by atoms with van der Waals surface area (Å²) in [5, 5.41) is 10.0. The van der Waals surface area contributed by atoms with Gasteiger partial charge in [-0.25, -0.2) is 22.4 Å². The first-order chi connectivity index (χ1) is 23.1. The summed E-state index contributed by atoms with van der Waals surface area (Å²) in [7, 11) is 1.61. The van der Waals surface area contributed by atoms with Crippen LogP contribution in [-0.4, -0.2) is 89.3 Å². The van der Waals surface area contributed by atoms with Crippen LogP contribution in [0.25, 0.3) is 0 Å². The molecule has 3 aromatic carbocycles. The number of nitrogens with zero attached hydrogens (tertiary/aromatic N) is 5. The Balaban J connectivity index is 1.63. The summed E-state index contributed by atoms with van der Waals surface area (Å²) in [6.07, 6.45) is 1.67. The predicted molar refractivity (Wildman–Crippen MR) is 177 cm³/mol. The SMILES string of the molecule is COc1ccc(S(=O)(=O)N2C(=O)C(c3cc(CN4CCCC4)ccc3OC)(N3CCC[C@@H]3OC(=O)N(C)C)c3cc(C#N)ccc32)cc1. The number of rotatable bonds is 9. The molecular weight excluding hydrogens is 634 g/mol. The quantitative estimate of drug-likeness (QED) is 0.324. The van der Waals surface area contributed by atoms with E-state index in [4.69, 9.17) is 14.2 Å². The van der Waals surface area contributed by atoms with Gasteiger partial charge in [0.1, 0.15) is 11.5 Å². The number of likely N-dealkylation sites (tertiary alicyclic amines) is 2. The Kier molecular flexibility index (Phi) is 9.08. The number of ether oxygens (including phenoxy) is 3. The van der Waals surface area contributed by atoms with Gasteiger partial charge in [-0.2, -0.15) is 5.26 Å². The van der Waals surface area contributed by atoms with Gasteiger partial charge in [-0.15, -0.1) is 0 Å². The molecule has 0 bridgehead atoms. The highest BCUT2D eigenvalue weighted by molar-refractivity contribution is 7.93. The van der Waals surface area contributed by atoms with Crippen LogP contribution in [0.3, 0.4) is 0 Å². The van der Waals surface area contributed by atoms with Gasteiger partial charge in [-0.3, -0.25) is 9.69 Å². The fourth-order valence-corrected chi connectivity index (χ4v) is 8.49. The molecule has 0 saturated carbocycles. The number of anilines is 1. The minimum absolute atomic E-state index is 0.103. The monoisotopic (exact) mass is 673 g/mol. The first-order valence-corrected chi connectivity index (χ1v) is 17.3. The van der Waals surface area contributed by atoms with Gasteiger partial charge in [0.2, 0.25) is 0 Å². The lowest BCUT2D eigenvalue weighted by atomic mass is 9.80. The average Bonchev–Trinajstić information content (AvgIpc) is 3.83. The second kappa shape index (κ2) is 13.1. The molecule has 12 nitrogen and oxygen atoms in total. The summed E-state index contributed by atoms with van der Waals surface area (Å²) < 4.78 is 47.0.